The molecule has 0 aliphatic carbocycles. The van der Waals surface area contributed by atoms with Gasteiger partial charge in [-0.3, -0.25) is 4.79 Å². The van der Waals surface area contributed by atoms with E-state index in [1.807, 2.05) is 41.8 Å². The molecule has 188 valence electrons. The highest BCUT2D eigenvalue weighted by Gasteiger charge is 2.09. The number of carbonyl (C=O) groups excluding carboxylic acids is 2. The molecule has 0 aliphatic heterocycles. The molecule has 1 heterocycles. The molecule has 0 saturated carbocycles. The molecule has 0 fully saturated rings. The lowest BCUT2D eigenvalue weighted by Gasteiger charge is -2.07. The molecule has 11 heteroatoms. The third-order valence-electron chi connectivity index (χ3n) is 4.95. The molecule has 2 N–H and O–H groups in total. The summed E-state index contributed by atoms with van der Waals surface area (Å²) < 4.78 is 9.81. The largest absolute Gasteiger partial charge is 0.480 e. The quantitative estimate of drug-likeness (QED) is 0.145. The Hall–Kier alpha value is -3.92. The number of carbonyl (C=O) groups is 2. The van der Waals surface area contributed by atoms with Crippen LogP contribution in [0, 0.1) is 0 Å². The highest BCUT2D eigenvalue weighted by molar-refractivity contribution is 7.14. The van der Waals surface area contributed by atoms with Crippen LogP contribution >= 0.6 is 34.5 Å². The van der Waals surface area contributed by atoms with Crippen molar-refractivity contribution in [2.45, 2.75) is 0 Å². The maximum atomic E-state index is 12.5. The van der Waals surface area contributed by atoms with Gasteiger partial charge in [0.25, 0.3) is 5.91 Å². The van der Waals surface area contributed by atoms with Crippen molar-refractivity contribution < 1.29 is 19.1 Å². The van der Waals surface area contributed by atoms with Crippen LogP contribution in [0.5, 0.6) is 5.75 Å². The van der Waals surface area contributed by atoms with Crippen LogP contribution in [-0.2, 0) is 9.53 Å². The third-order valence-corrected chi connectivity index (χ3v) is 6.26. The number of esters is 1. The van der Waals surface area contributed by atoms with Crippen LogP contribution < -0.4 is 15.5 Å². The Morgan fingerprint density at radius 2 is 1.81 bits per heavy atom. The van der Waals surface area contributed by atoms with Crippen LogP contribution in [0.3, 0.4) is 0 Å². The van der Waals surface area contributed by atoms with Gasteiger partial charge in [-0.2, -0.15) is 5.10 Å². The van der Waals surface area contributed by atoms with Gasteiger partial charge in [-0.05, 0) is 60.2 Å². The first-order chi connectivity index (χ1) is 17.9. The number of nitrogens with zero attached hydrogens (tertiary/aromatic N) is 2. The van der Waals surface area contributed by atoms with E-state index in [2.05, 4.69) is 25.6 Å². The van der Waals surface area contributed by atoms with Crippen LogP contribution in [0.15, 0.2) is 77.2 Å². The normalized spacial score (nSPS) is 10.8. The fraction of sp³-hybridized carbons (Fsp3) is 0.0769. The number of anilines is 2. The number of methoxy groups -OCH3 is 1. The molecule has 4 aromatic rings. The van der Waals surface area contributed by atoms with E-state index in [4.69, 9.17) is 27.9 Å². The van der Waals surface area contributed by atoms with Gasteiger partial charge >= 0.3 is 5.97 Å². The lowest BCUT2D eigenvalue weighted by atomic mass is 10.1. The van der Waals surface area contributed by atoms with Gasteiger partial charge in [-0.15, -0.1) is 11.3 Å². The fourth-order valence-corrected chi connectivity index (χ4v) is 4.16. The van der Waals surface area contributed by atoms with Crippen molar-refractivity contribution in [3.05, 3.63) is 93.3 Å². The Bertz CT molecular complexity index is 1420. The van der Waals surface area contributed by atoms with Crippen LogP contribution in [0.2, 0.25) is 10.0 Å². The number of hydrazone groups is 1. The summed E-state index contributed by atoms with van der Waals surface area (Å²) in [6.07, 6.45) is 1.45. The molecule has 8 nitrogen and oxygen atoms in total. The average molecular weight is 555 g/mol. The minimum Gasteiger partial charge on any atom is -0.480 e. The van der Waals surface area contributed by atoms with E-state index in [9.17, 15) is 9.59 Å². The van der Waals surface area contributed by atoms with Gasteiger partial charge in [-0.1, -0.05) is 35.3 Å². The molecule has 1 amide bonds. The number of benzene rings is 3. The molecule has 0 saturated heterocycles. The molecule has 3 aromatic carbocycles. The second-order valence-corrected chi connectivity index (χ2v) is 9.20. The van der Waals surface area contributed by atoms with Crippen molar-refractivity contribution in [2.75, 3.05) is 19.0 Å². The molecule has 4 rings (SSSR count). The number of hydrogen-bond donors (Lipinski definition) is 2. The van der Waals surface area contributed by atoms with E-state index < -0.39 is 5.97 Å². The first-order valence-electron chi connectivity index (χ1n) is 10.8. The van der Waals surface area contributed by atoms with Crippen LogP contribution in [0.25, 0.3) is 11.3 Å². The molecule has 37 heavy (non-hydrogen) atoms. The molecule has 0 aliphatic rings. The maximum Gasteiger partial charge on any atom is 0.343 e. The Morgan fingerprint density at radius 3 is 2.51 bits per heavy atom. The maximum absolute atomic E-state index is 12.5. The summed E-state index contributed by atoms with van der Waals surface area (Å²) in [5.74, 6) is -0.545. The topological polar surface area (TPSA) is 102 Å². The zero-order valence-corrected chi connectivity index (χ0v) is 21.7. The SMILES string of the molecule is COC(=O)COc1ccc(/C=N\NC(=O)c2ccc(-c3csc(Nc4ccc(Cl)cc4)n3)cc2)cc1Cl. The monoisotopic (exact) mass is 554 g/mol. The lowest BCUT2D eigenvalue weighted by Crippen LogP contribution is -2.17. The van der Waals surface area contributed by atoms with Gasteiger partial charge in [0, 0.05) is 27.2 Å². The number of rotatable bonds is 9. The molecule has 1 aromatic heterocycles. The van der Waals surface area contributed by atoms with E-state index in [0.717, 1.165) is 22.1 Å². The van der Waals surface area contributed by atoms with Gasteiger partial charge in [0.05, 0.1) is 24.0 Å². The summed E-state index contributed by atoms with van der Waals surface area (Å²) in [6, 6.07) is 19.3. The van der Waals surface area contributed by atoms with Gasteiger partial charge in [0.1, 0.15) is 5.75 Å². The Kier molecular flexibility index (Phi) is 8.73. The van der Waals surface area contributed by atoms with Crippen molar-refractivity contribution in [1.82, 2.24) is 10.4 Å². The van der Waals surface area contributed by atoms with Gasteiger partial charge in [-0.25, -0.2) is 15.2 Å². The number of amides is 1. The van der Waals surface area contributed by atoms with Crippen molar-refractivity contribution in [3.63, 3.8) is 0 Å². The second-order valence-electron chi connectivity index (χ2n) is 7.50. The number of thiazole rings is 1. The minimum atomic E-state index is -0.514. The van der Waals surface area contributed by atoms with E-state index in [1.165, 1.54) is 24.7 Å². The summed E-state index contributed by atoms with van der Waals surface area (Å²) in [5, 5.41) is 10.9. The fourth-order valence-electron chi connectivity index (χ4n) is 3.05. The second kappa shape index (κ2) is 12.4. The number of aromatic nitrogens is 1. The number of nitrogens with one attached hydrogen (secondary N) is 2. The highest BCUT2D eigenvalue weighted by Crippen LogP contribution is 2.28. The molecule has 0 atom stereocenters. The third kappa shape index (κ3) is 7.29. The van der Waals surface area contributed by atoms with Crippen LogP contribution in [-0.4, -0.2) is 36.8 Å². The lowest BCUT2D eigenvalue weighted by molar-refractivity contribution is -0.142. The first-order valence-corrected chi connectivity index (χ1v) is 12.5. The molecule has 0 bridgehead atoms. The van der Waals surface area contributed by atoms with Crippen molar-refractivity contribution in [2.24, 2.45) is 5.10 Å². The predicted molar refractivity (Wildman–Crippen MR) is 146 cm³/mol. The predicted octanol–water partition coefficient (Wildman–Crippen LogP) is 6.18. The Balaban J connectivity index is 1.32. The van der Waals surface area contributed by atoms with E-state index in [1.54, 1.807) is 30.3 Å². The summed E-state index contributed by atoms with van der Waals surface area (Å²) in [6.45, 7) is -0.248. The standard InChI is InChI=1S/C26H20Cl2N4O4S/c1-35-24(33)14-36-23-11-2-16(12-21(23)28)13-29-32-25(34)18-5-3-17(4-6-18)22-15-37-26(31-22)30-20-9-7-19(27)8-10-20/h2-13,15H,14H2,1H3,(H,30,31)(H,32,34)/b29-13-. The Morgan fingerprint density at radius 1 is 1.05 bits per heavy atom. The molecular weight excluding hydrogens is 535 g/mol. The Labute approximate surface area is 226 Å². The van der Waals surface area contributed by atoms with E-state index in [-0.39, 0.29) is 12.5 Å². The number of ether oxygens (including phenoxy) is 2. The smallest absolute Gasteiger partial charge is 0.343 e. The van der Waals surface area contributed by atoms with E-state index >= 15 is 0 Å². The summed E-state index contributed by atoms with van der Waals surface area (Å²) in [5.41, 5.74) is 6.13. The van der Waals surface area contributed by atoms with E-state index in [0.29, 0.717) is 26.9 Å². The van der Waals surface area contributed by atoms with Gasteiger partial charge in [0.15, 0.2) is 11.7 Å². The van der Waals surface area contributed by atoms with Crippen molar-refractivity contribution in [1.29, 1.82) is 0 Å². The number of hydrogen-bond acceptors (Lipinski definition) is 8. The zero-order valence-electron chi connectivity index (χ0n) is 19.4. The first kappa shape index (κ1) is 26.2. The van der Waals surface area contributed by atoms with Crippen molar-refractivity contribution >= 4 is 63.4 Å². The minimum absolute atomic E-state index is 0.248. The summed E-state index contributed by atoms with van der Waals surface area (Å²) >= 11 is 13.6. The zero-order chi connectivity index (χ0) is 26.2. The van der Waals surface area contributed by atoms with Crippen LogP contribution in [0.4, 0.5) is 10.8 Å². The molecule has 0 radical (unpaired) electrons. The molecular formula is C26H20Cl2N4O4S. The van der Waals surface area contributed by atoms with Crippen LogP contribution in [0.1, 0.15) is 15.9 Å². The van der Waals surface area contributed by atoms with Crippen molar-refractivity contribution in [3.8, 4) is 17.0 Å². The summed E-state index contributed by atoms with van der Waals surface area (Å²) in [7, 11) is 1.27. The highest BCUT2D eigenvalue weighted by atomic mass is 35.5. The van der Waals surface area contributed by atoms with Gasteiger partial charge < -0.3 is 14.8 Å². The van der Waals surface area contributed by atoms with Gasteiger partial charge in [0.2, 0.25) is 0 Å². The summed E-state index contributed by atoms with van der Waals surface area (Å²) in [4.78, 5) is 28.3. The average Bonchev–Trinajstić information content (AvgIpc) is 3.38. The molecule has 0 unspecified atom stereocenters. The molecule has 0 spiro atoms. The number of halogens is 2.